The quantitative estimate of drug-likeness (QED) is 0.680. The van der Waals surface area contributed by atoms with Gasteiger partial charge in [0, 0.05) is 13.1 Å². The summed E-state index contributed by atoms with van der Waals surface area (Å²) >= 11 is 0. The van der Waals surface area contributed by atoms with Crippen molar-refractivity contribution in [2.24, 2.45) is 0 Å². The average molecular weight is 273 g/mol. The van der Waals surface area contributed by atoms with Crippen LogP contribution in [0.3, 0.4) is 0 Å². The predicted octanol–water partition coefficient (Wildman–Crippen LogP) is 2.43. The van der Waals surface area contributed by atoms with E-state index in [0.29, 0.717) is 0 Å². The van der Waals surface area contributed by atoms with Crippen LogP contribution in [0.4, 0.5) is 9.59 Å². The second kappa shape index (κ2) is 5.27. The van der Waals surface area contributed by atoms with Gasteiger partial charge in [0.1, 0.15) is 17.8 Å². The molecule has 0 radical (unpaired) electrons. The van der Waals surface area contributed by atoms with Gasteiger partial charge < -0.3 is 9.47 Å². The van der Waals surface area contributed by atoms with E-state index in [2.05, 4.69) is 0 Å². The number of carbonyl (C=O) groups is 2. The summed E-state index contributed by atoms with van der Waals surface area (Å²) in [6.07, 6.45) is -1.19. The zero-order valence-corrected chi connectivity index (χ0v) is 12.5. The fourth-order valence-electron chi connectivity index (χ4n) is 1.42. The second-order valence-electron chi connectivity index (χ2n) is 6.46. The summed E-state index contributed by atoms with van der Waals surface area (Å²) in [5.41, 5.74) is -1.26. The van der Waals surface area contributed by atoms with Crippen molar-refractivity contribution in [3.63, 3.8) is 0 Å². The first-order valence-electron chi connectivity index (χ1n) is 6.90. The normalized spacial score (nSPS) is 18.3. The Morgan fingerprint density at radius 3 is 1.47 bits per heavy atom. The Bertz CT molecular complexity index is 351. The number of amides is 2. The summed E-state index contributed by atoms with van der Waals surface area (Å²) in [5.74, 6) is 0. The van der Waals surface area contributed by atoms with Crippen LogP contribution in [0.25, 0.3) is 0 Å². The van der Waals surface area contributed by atoms with Crippen molar-refractivity contribution in [1.29, 1.82) is 0 Å². The lowest BCUT2D eigenvalue weighted by Gasteiger charge is -2.26. The Morgan fingerprint density at radius 1 is 0.895 bits per heavy atom. The molecule has 1 fully saturated rings. The zero-order valence-electron chi connectivity index (χ0n) is 13.5. The Balaban J connectivity index is 2.66. The lowest BCUT2D eigenvalue weighted by molar-refractivity contribution is 0.0173. The Hall–Kier alpha value is -1.46. The van der Waals surface area contributed by atoms with Crippen LogP contribution in [0, 0.1) is 0 Å². The van der Waals surface area contributed by atoms with Crippen LogP contribution in [0.15, 0.2) is 0 Å². The number of hydrogen-bond acceptors (Lipinski definition) is 4. The molecule has 0 spiro atoms. The summed E-state index contributed by atoms with van der Waals surface area (Å²) in [6, 6.07) is 0. The van der Waals surface area contributed by atoms with Crippen molar-refractivity contribution in [1.82, 2.24) is 9.80 Å². The molecule has 1 rings (SSSR count). The van der Waals surface area contributed by atoms with E-state index in [4.69, 9.17) is 10.8 Å². The fraction of sp³-hybridized carbons (Fsp3) is 0.846. The first-order chi connectivity index (χ1) is 8.91. The highest BCUT2D eigenvalue weighted by atomic mass is 16.6. The molecule has 0 saturated carbocycles. The Labute approximate surface area is 116 Å². The standard InChI is InChI=1S/C13H24N2O4/c1-12(2,3)18-10(16)14-7-8-15(9-14)11(17)19-13(4,5)6/h7-9H2,1-6H3/i9D. The maximum absolute atomic E-state index is 11.9. The Morgan fingerprint density at radius 2 is 1.21 bits per heavy atom. The minimum absolute atomic E-state index is 0.266. The van der Waals surface area contributed by atoms with Gasteiger partial charge in [0.2, 0.25) is 0 Å². The SMILES string of the molecule is [2H]C1N(C(=O)OC(C)(C)C)CCN1C(=O)OC(C)(C)C. The molecule has 1 aliphatic heterocycles. The van der Waals surface area contributed by atoms with Crippen LogP contribution in [0.2, 0.25) is 0 Å². The van der Waals surface area contributed by atoms with Gasteiger partial charge in [-0.15, -0.1) is 0 Å². The maximum Gasteiger partial charge on any atom is 0.411 e. The first-order valence-corrected chi connectivity index (χ1v) is 6.32. The highest BCUT2D eigenvalue weighted by Crippen LogP contribution is 2.16. The highest BCUT2D eigenvalue weighted by molar-refractivity contribution is 5.72. The highest BCUT2D eigenvalue weighted by Gasteiger charge is 2.32. The van der Waals surface area contributed by atoms with Crippen LogP contribution in [-0.2, 0) is 9.47 Å². The van der Waals surface area contributed by atoms with E-state index in [9.17, 15) is 9.59 Å². The van der Waals surface area contributed by atoms with Gasteiger partial charge in [0.15, 0.2) is 0 Å². The van der Waals surface area contributed by atoms with Crippen molar-refractivity contribution in [3.8, 4) is 0 Å². The van der Waals surface area contributed by atoms with Gasteiger partial charge >= 0.3 is 12.2 Å². The minimum Gasteiger partial charge on any atom is -0.444 e. The molecule has 2 amide bonds. The van der Waals surface area contributed by atoms with E-state index in [0.717, 1.165) is 0 Å². The lowest BCUT2D eigenvalue weighted by Crippen LogP contribution is -2.39. The molecule has 110 valence electrons. The summed E-state index contributed by atoms with van der Waals surface area (Å²) in [7, 11) is 0. The monoisotopic (exact) mass is 273 g/mol. The van der Waals surface area contributed by atoms with E-state index in [1.54, 1.807) is 41.5 Å². The third-order valence-electron chi connectivity index (χ3n) is 2.12. The smallest absolute Gasteiger partial charge is 0.411 e. The summed E-state index contributed by atoms with van der Waals surface area (Å²) in [5, 5.41) is 0. The van der Waals surface area contributed by atoms with Crippen molar-refractivity contribution in [2.75, 3.05) is 19.7 Å². The van der Waals surface area contributed by atoms with Gasteiger partial charge in [0.25, 0.3) is 0 Å². The van der Waals surface area contributed by atoms with Gasteiger partial charge in [-0.2, -0.15) is 0 Å². The van der Waals surface area contributed by atoms with Gasteiger partial charge in [0.05, 0.1) is 1.37 Å². The van der Waals surface area contributed by atoms with Crippen molar-refractivity contribution < 1.29 is 20.4 Å². The second-order valence-corrected chi connectivity index (χ2v) is 6.46. The number of ether oxygens (including phenoxy) is 2. The number of rotatable bonds is 0. The zero-order chi connectivity index (χ0) is 15.7. The first kappa shape index (κ1) is 14.0. The molecule has 6 nitrogen and oxygen atoms in total. The largest absolute Gasteiger partial charge is 0.444 e. The molecule has 0 aromatic rings. The maximum atomic E-state index is 11.9. The lowest BCUT2D eigenvalue weighted by atomic mass is 10.2. The van der Waals surface area contributed by atoms with Gasteiger partial charge in [-0.05, 0) is 41.5 Å². The summed E-state index contributed by atoms with van der Waals surface area (Å²) in [6.45, 7) is 9.95. The van der Waals surface area contributed by atoms with Crippen molar-refractivity contribution >= 4 is 12.2 Å². The molecule has 1 aliphatic rings. The Kier molecular flexibility index (Phi) is 3.87. The van der Waals surface area contributed by atoms with Crippen LogP contribution in [0.5, 0.6) is 0 Å². The predicted molar refractivity (Wildman–Crippen MR) is 70.7 cm³/mol. The van der Waals surface area contributed by atoms with Crippen LogP contribution < -0.4 is 0 Å². The van der Waals surface area contributed by atoms with Crippen LogP contribution in [-0.4, -0.2) is 52.9 Å². The molecule has 1 saturated heterocycles. The molecule has 0 aromatic carbocycles. The molecule has 19 heavy (non-hydrogen) atoms. The molecule has 0 aliphatic carbocycles. The molecular formula is C13H24N2O4. The van der Waals surface area contributed by atoms with Gasteiger partial charge in [-0.1, -0.05) is 0 Å². The topological polar surface area (TPSA) is 59.1 Å². The molecule has 1 heterocycles. The number of hydrogen-bond donors (Lipinski definition) is 0. The molecular weight excluding hydrogens is 248 g/mol. The molecule has 6 heteroatoms. The average Bonchev–Trinajstić information content (AvgIpc) is 2.54. The molecule has 0 bridgehead atoms. The van der Waals surface area contributed by atoms with Crippen molar-refractivity contribution in [3.05, 3.63) is 0 Å². The minimum atomic E-state index is -1.11. The molecule has 0 atom stereocenters. The third-order valence-corrected chi connectivity index (χ3v) is 2.12. The van der Waals surface area contributed by atoms with E-state index >= 15 is 0 Å². The molecule has 0 unspecified atom stereocenters. The van der Waals surface area contributed by atoms with Crippen molar-refractivity contribution in [2.45, 2.75) is 52.7 Å². The van der Waals surface area contributed by atoms with Gasteiger partial charge in [-0.3, -0.25) is 9.80 Å². The van der Waals surface area contributed by atoms with Gasteiger partial charge in [-0.25, -0.2) is 9.59 Å². The fourth-order valence-corrected chi connectivity index (χ4v) is 1.42. The summed E-state index contributed by atoms with van der Waals surface area (Å²) < 4.78 is 18.4. The van der Waals surface area contributed by atoms with Crippen LogP contribution in [0.1, 0.15) is 42.9 Å². The number of carbonyl (C=O) groups excluding carboxylic acids is 2. The molecule has 0 N–H and O–H groups in total. The van der Waals surface area contributed by atoms with Crippen LogP contribution >= 0.6 is 0 Å². The van der Waals surface area contributed by atoms with E-state index in [1.807, 2.05) is 0 Å². The third kappa shape index (κ3) is 5.36. The number of nitrogens with zero attached hydrogens (tertiary/aromatic N) is 2. The molecule has 0 aromatic heterocycles. The van der Waals surface area contributed by atoms with E-state index in [1.165, 1.54) is 9.80 Å². The van der Waals surface area contributed by atoms with E-state index < -0.39 is 30.0 Å². The summed E-state index contributed by atoms with van der Waals surface area (Å²) in [4.78, 5) is 26.3. The van der Waals surface area contributed by atoms with E-state index in [-0.39, 0.29) is 13.1 Å².